The number of fused-ring (bicyclic) bond motifs is 6. The average molecular weight is 971 g/mol. The van der Waals surface area contributed by atoms with Crippen molar-refractivity contribution in [2.24, 2.45) is 0 Å². The maximum Gasteiger partial charge on any atom is 0.0715 e. The van der Waals surface area contributed by atoms with Gasteiger partial charge in [-0.15, -0.1) is 0 Å². The van der Waals surface area contributed by atoms with E-state index in [0.29, 0.717) is 0 Å². The van der Waals surface area contributed by atoms with Crippen LogP contribution >= 0.6 is 0 Å². The van der Waals surface area contributed by atoms with Crippen LogP contribution in [0.2, 0.25) is 0 Å². The van der Waals surface area contributed by atoms with Crippen molar-refractivity contribution in [3.05, 3.63) is 276 Å². The Balaban J connectivity index is 1.11. The molecule has 0 amide bonds. The lowest BCUT2D eigenvalue weighted by atomic mass is 9.67. The van der Waals surface area contributed by atoms with Crippen molar-refractivity contribution in [2.45, 2.75) is 83.5 Å². The highest BCUT2D eigenvalue weighted by Gasteiger charge is 2.47. The number of benzene rings is 10. The molecule has 75 heavy (non-hydrogen) atoms. The van der Waals surface area contributed by atoms with Crippen LogP contribution in [0.15, 0.2) is 243 Å². The molecule has 368 valence electrons. The minimum Gasteiger partial charge on any atom is -0.310 e. The largest absolute Gasteiger partial charge is 0.310 e. The fourth-order valence-corrected chi connectivity index (χ4v) is 12.4. The summed E-state index contributed by atoms with van der Waals surface area (Å²) >= 11 is 0. The van der Waals surface area contributed by atoms with Gasteiger partial charge in [-0.2, -0.15) is 0 Å². The lowest BCUT2D eigenvalue weighted by Gasteiger charge is -2.35. The van der Waals surface area contributed by atoms with Crippen molar-refractivity contribution in [2.75, 3.05) is 4.90 Å². The first-order valence-corrected chi connectivity index (χ1v) is 27.3. The molecule has 12 rings (SSSR count). The molecule has 1 aliphatic rings. The highest BCUT2D eigenvalue weighted by atomic mass is 15.1. The van der Waals surface area contributed by atoms with E-state index in [1.807, 2.05) is 0 Å². The van der Waals surface area contributed by atoms with Gasteiger partial charge in [0.15, 0.2) is 0 Å². The molecule has 0 unspecified atom stereocenters. The van der Waals surface area contributed by atoms with Gasteiger partial charge in [0.1, 0.15) is 0 Å². The predicted octanol–water partition coefficient (Wildman–Crippen LogP) is 20.1. The van der Waals surface area contributed by atoms with Gasteiger partial charge in [-0.3, -0.25) is 0 Å². The molecule has 0 bridgehead atoms. The third-order valence-electron chi connectivity index (χ3n) is 17.8. The van der Waals surface area contributed by atoms with Gasteiger partial charge < -0.3 is 9.47 Å². The summed E-state index contributed by atoms with van der Waals surface area (Å²) < 4.78 is 2.60. The monoisotopic (exact) mass is 971 g/mol. The molecule has 0 fully saturated rings. The summed E-state index contributed by atoms with van der Waals surface area (Å²) in [5, 5.41) is 2.59. The van der Waals surface area contributed by atoms with Crippen LogP contribution in [0.5, 0.6) is 0 Å². The van der Waals surface area contributed by atoms with Crippen molar-refractivity contribution in [1.29, 1.82) is 0 Å². The molecular formula is C73H66N2. The van der Waals surface area contributed by atoms with Crippen LogP contribution in [0.25, 0.3) is 60.9 Å². The third-order valence-corrected chi connectivity index (χ3v) is 17.8. The third kappa shape index (κ3) is 7.93. The Bertz CT molecular complexity index is 3610. The standard InChI is InChI=1S/C73H66N2/c1-7-71(5,8-2)57-35-43-65-66-44-36-58(72(6,9-3)10-4)48-70(66)75(69(65)47-57)62-42-46-64-63-45-41-61(49-67(63)73(68(64)50-62,55-27-19-13-20-28-55)56-29-21-14-22-30-56)74(59-37-31-53(32-38-59)51-23-15-11-16-24-51)60-39-33-54(34-40-60)52-25-17-12-18-26-52/h11-50H,7-10H2,1-6H3. The molecule has 0 spiro atoms. The number of hydrogen-bond acceptors (Lipinski definition) is 1. The van der Waals surface area contributed by atoms with Crippen LogP contribution in [-0.2, 0) is 16.2 Å². The molecule has 0 saturated carbocycles. The fraction of sp³-hybridized carbons (Fsp3) is 0.178. The number of hydrogen-bond donors (Lipinski definition) is 0. The van der Waals surface area contributed by atoms with Crippen LogP contribution in [0.4, 0.5) is 17.1 Å². The molecule has 2 heteroatoms. The Kier molecular flexibility index (Phi) is 12.3. The van der Waals surface area contributed by atoms with Crippen LogP contribution in [-0.4, -0.2) is 4.57 Å². The fourth-order valence-electron chi connectivity index (χ4n) is 12.4. The van der Waals surface area contributed by atoms with E-state index >= 15 is 0 Å². The van der Waals surface area contributed by atoms with Gasteiger partial charge in [-0.25, -0.2) is 0 Å². The molecule has 11 aromatic rings. The van der Waals surface area contributed by atoms with E-state index in [4.69, 9.17) is 0 Å². The highest BCUT2D eigenvalue weighted by molar-refractivity contribution is 6.10. The zero-order valence-electron chi connectivity index (χ0n) is 44.3. The van der Waals surface area contributed by atoms with Gasteiger partial charge in [0.2, 0.25) is 0 Å². The number of aromatic nitrogens is 1. The minimum absolute atomic E-state index is 0.0679. The Hall–Kier alpha value is -8.20. The van der Waals surface area contributed by atoms with E-state index in [0.717, 1.165) is 42.7 Å². The Morgan fingerprint density at radius 3 is 1.16 bits per heavy atom. The second-order valence-electron chi connectivity index (χ2n) is 21.4. The first-order chi connectivity index (χ1) is 36.7. The van der Waals surface area contributed by atoms with Crippen molar-refractivity contribution in [3.8, 4) is 39.1 Å². The second-order valence-corrected chi connectivity index (χ2v) is 21.4. The van der Waals surface area contributed by atoms with Gasteiger partial charge >= 0.3 is 0 Å². The summed E-state index contributed by atoms with van der Waals surface area (Å²) in [5.74, 6) is 0. The van der Waals surface area contributed by atoms with Crippen molar-refractivity contribution < 1.29 is 0 Å². The maximum absolute atomic E-state index is 2.60. The van der Waals surface area contributed by atoms with Crippen molar-refractivity contribution in [3.63, 3.8) is 0 Å². The number of nitrogens with zero attached hydrogens (tertiary/aromatic N) is 2. The molecule has 0 radical (unpaired) electrons. The lowest BCUT2D eigenvalue weighted by molar-refractivity contribution is 0.439. The van der Waals surface area contributed by atoms with E-state index in [2.05, 4.69) is 294 Å². The smallest absolute Gasteiger partial charge is 0.0715 e. The minimum atomic E-state index is -0.653. The first kappa shape index (κ1) is 47.8. The van der Waals surface area contributed by atoms with Gasteiger partial charge in [-0.1, -0.05) is 224 Å². The summed E-state index contributed by atoms with van der Waals surface area (Å²) in [5.41, 5.74) is 21.6. The topological polar surface area (TPSA) is 8.17 Å². The molecule has 1 aromatic heterocycles. The summed E-state index contributed by atoms with van der Waals surface area (Å²) in [6.45, 7) is 14.2. The Morgan fingerprint density at radius 2 is 0.733 bits per heavy atom. The molecule has 10 aromatic carbocycles. The lowest BCUT2D eigenvalue weighted by Crippen LogP contribution is -2.29. The van der Waals surface area contributed by atoms with E-state index < -0.39 is 5.41 Å². The number of anilines is 3. The SMILES string of the molecule is CCC(C)(CC)c1ccc2c3ccc(C(C)(CC)CC)cc3n(-c3ccc4c(c3)C(c3ccccc3)(c3ccccc3)c3cc(N(c5ccc(-c6ccccc6)cc5)c5ccc(-c6ccccc6)cc5)ccc3-4)c2c1. The molecular weight excluding hydrogens is 905 g/mol. The zero-order chi connectivity index (χ0) is 51.3. The Morgan fingerprint density at radius 1 is 0.360 bits per heavy atom. The second kappa shape index (κ2) is 19.3. The first-order valence-electron chi connectivity index (χ1n) is 27.3. The van der Waals surface area contributed by atoms with E-state index in [1.165, 1.54) is 94.3 Å². The highest BCUT2D eigenvalue weighted by Crippen LogP contribution is 2.58. The zero-order valence-corrected chi connectivity index (χ0v) is 44.3. The average Bonchev–Trinajstić information content (AvgIpc) is 3.98. The molecule has 0 saturated heterocycles. The maximum atomic E-state index is 2.60. The summed E-state index contributed by atoms with van der Waals surface area (Å²) in [6, 6.07) is 91.3. The van der Waals surface area contributed by atoms with Gasteiger partial charge in [0, 0.05) is 33.5 Å². The van der Waals surface area contributed by atoms with Gasteiger partial charge in [-0.05, 0) is 164 Å². The van der Waals surface area contributed by atoms with Crippen molar-refractivity contribution in [1.82, 2.24) is 4.57 Å². The summed E-state index contributed by atoms with van der Waals surface area (Å²) in [6.07, 6.45) is 4.32. The quantitative estimate of drug-likeness (QED) is 0.105. The molecule has 0 N–H and O–H groups in total. The molecule has 2 nitrogen and oxygen atoms in total. The van der Waals surface area contributed by atoms with Crippen LogP contribution < -0.4 is 4.90 Å². The van der Waals surface area contributed by atoms with E-state index in [9.17, 15) is 0 Å². The van der Waals surface area contributed by atoms with E-state index in [1.54, 1.807) is 0 Å². The van der Waals surface area contributed by atoms with Crippen molar-refractivity contribution >= 4 is 38.9 Å². The summed E-state index contributed by atoms with van der Waals surface area (Å²) in [7, 11) is 0. The summed E-state index contributed by atoms with van der Waals surface area (Å²) in [4.78, 5) is 2.44. The molecule has 0 atom stereocenters. The van der Waals surface area contributed by atoms with Gasteiger partial charge in [0.05, 0.1) is 16.4 Å². The van der Waals surface area contributed by atoms with Gasteiger partial charge in [0.25, 0.3) is 0 Å². The predicted molar refractivity (Wildman–Crippen MR) is 320 cm³/mol. The molecule has 1 aliphatic carbocycles. The van der Waals surface area contributed by atoms with Crippen LogP contribution in [0, 0.1) is 0 Å². The van der Waals surface area contributed by atoms with Crippen LogP contribution in [0.1, 0.15) is 101 Å². The Labute approximate surface area is 444 Å². The number of rotatable bonds is 14. The molecule has 0 aliphatic heterocycles. The normalized spacial score (nSPS) is 13.0. The van der Waals surface area contributed by atoms with E-state index in [-0.39, 0.29) is 10.8 Å². The van der Waals surface area contributed by atoms with Crippen LogP contribution in [0.3, 0.4) is 0 Å². The molecule has 1 heterocycles.